The van der Waals surface area contributed by atoms with E-state index in [0.717, 1.165) is 37.9 Å². The van der Waals surface area contributed by atoms with E-state index in [1.165, 1.54) is 0 Å². The summed E-state index contributed by atoms with van der Waals surface area (Å²) in [6.07, 6.45) is 5.54. The van der Waals surface area contributed by atoms with Crippen molar-refractivity contribution in [2.75, 3.05) is 5.32 Å². The summed E-state index contributed by atoms with van der Waals surface area (Å²) in [5, 5.41) is 15.6. The van der Waals surface area contributed by atoms with Crippen LogP contribution in [0.5, 0.6) is 0 Å². The lowest BCUT2D eigenvalue weighted by Gasteiger charge is -2.27. The van der Waals surface area contributed by atoms with Crippen LogP contribution in [0.3, 0.4) is 0 Å². The van der Waals surface area contributed by atoms with Crippen molar-refractivity contribution in [3.63, 3.8) is 0 Å². The minimum absolute atomic E-state index is 0.0112. The van der Waals surface area contributed by atoms with E-state index in [-0.39, 0.29) is 17.9 Å². The van der Waals surface area contributed by atoms with Gasteiger partial charge < -0.3 is 11.1 Å². The Morgan fingerprint density at radius 2 is 2.04 bits per heavy atom. The van der Waals surface area contributed by atoms with Crippen LogP contribution in [0.2, 0.25) is 5.02 Å². The summed E-state index contributed by atoms with van der Waals surface area (Å²) in [7, 11) is 0. The number of nitrogens with zero attached hydrogens (tertiary/aromatic N) is 4. The number of nitrogens with one attached hydrogen (secondary N) is 1. The van der Waals surface area contributed by atoms with E-state index < -0.39 is 0 Å². The second kappa shape index (κ2) is 6.03. The molecule has 2 bridgehead atoms. The van der Waals surface area contributed by atoms with Crippen molar-refractivity contribution in [1.82, 2.24) is 20.2 Å². The molecule has 5 rings (SSSR count). The normalized spacial score (nSPS) is 29.9. The Kier molecular flexibility index (Phi) is 3.76. The number of hydrogen-bond donors (Lipinski definition) is 2. The van der Waals surface area contributed by atoms with Gasteiger partial charge in [-0.05, 0) is 72.6 Å². The number of fused-ring (bicyclic) bond motifs is 2. The Morgan fingerprint density at radius 1 is 1.23 bits per heavy atom. The molecule has 1 aromatic carbocycles. The number of rotatable bonds is 4. The molecule has 0 radical (unpaired) electrons. The first-order valence-electron chi connectivity index (χ1n) is 9.26. The minimum atomic E-state index is -0.0945. The molecule has 8 heteroatoms. The van der Waals surface area contributed by atoms with E-state index in [9.17, 15) is 4.79 Å². The number of tetrazole rings is 1. The molecule has 3 N–H and O–H groups in total. The van der Waals surface area contributed by atoms with Crippen LogP contribution in [0.4, 0.5) is 5.69 Å². The summed E-state index contributed by atoms with van der Waals surface area (Å²) in [5.41, 5.74) is 7.68. The van der Waals surface area contributed by atoms with Gasteiger partial charge in [0.2, 0.25) is 5.91 Å². The van der Waals surface area contributed by atoms with Crippen LogP contribution in [0.1, 0.15) is 43.8 Å². The lowest BCUT2D eigenvalue weighted by molar-refractivity contribution is -0.121. The van der Waals surface area contributed by atoms with Crippen molar-refractivity contribution in [1.29, 1.82) is 0 Å². The van der Waals surface area contributed by atoms with Gasteiger partial charge in [0.25, 0.3) is 0 Å². The predicted molar refractivity (Wildman–Crippen MR) is 97.1 cm³/mol. The first-order chi connectivity index (χ1) is 12.6. The van der Waals surface area contributed by atoms with Crippen molar-refractivity contribution in [2.45, 2.75) is 44.1 Å². The smallest absolute Gasteiger partial charge is 0.229 e. The van der Waals surface area contributed by atoms with Crippen molar-refractivity contribution >= 4 is 23.2 Å². The molecule has 3 aliphatic rings. The van der Waals surface area contributed by atoms with E-state index in [1.54, 1.807) is 10.7 Å². The highest BCUT2D eigenvalue weighted by Gasteiger charge is 2.49. The minimum Gasteiger partial charge on any atom is -0.327 e. The molecule has 1 heterocycles. The highest BCUT2D eigenvalue weighted by atomic mass is 35.5. The average Bonchev–Trinajstić information content (AvgIpc) is 3.05. The number of carbonyl (C=O) groups is 1. The van der Waals surface area contributed by atoms with E-state index >= 15 is 0 Å². The quantitative estimate of drug-likeness (QED) is 0.859. The Morgan fingerprint density at radius 3 is 2.77 bits per heavy atom. The number of anilines is 1. The Bertz CT molecular complexity index is 861. The van der Waals surface area contributed by atoms with Gasteiger partial charge in [-0.3, -0.25) is 4.79 Å². The number of amides is 1. The molecule has 136 valence electrons. The monoisotopic (exact) mass is 372 g/mol. The van der Waals surface area contributed by atoms with Crippen LogP contribution < -0.4 is 11.1 Å². The molecule has 0 spiro atoms. The zero-order valence-electron chi connectivity index (χ0n) is 14.3. The van der Waals surface area contributed by atoms with Crippen LogP contribution in [0.15, 0.2) is 18.2 Å². The first-order valence-corrected chi connectivity index (χ1v) is 9.64. The van der Waals surface area contributed by atoms with Gasteiger partial charge in [0, 0.05) is 17.6 Å². The van der Waals surface area contributed by atoms with Gasteiger partial charge >= 0.3 is 0 Å². The molecule has 4 atom stereocenters. The summed E-state index contributed by atoms with van der Waals surface area (Å²) in [6, 6.07) is 5.39. The van der Waals surface area contributed by atoms with Crippen LogP contribution in [-0.4, -0.2) is 32.2 Å². The van der Waals surface area contributed by atoms with Crippen LogP contribution in [0, 0.1) is 17.8 Å². The van der Waals surface area contributed by atoms with Crippen LogP contribution in [-0.2, 0) is 4.79 Å². The average molecular weight is 373 g/mol. The molecule has 3 fully saturated rings. The second-order valence-corrected chi connectivity index (χ2v) is 8.22. The molecule has 4 unspecified atom stereocenters. The van der Waals surface area contributed by atoms with E-state index in [2.05, 4.69) is 20.8 Å². The van der Waals surface area contributed by atoms with Crippen LogP contribution in [0.25, 0.3) is 5.69 Å². The highest BCUT2D eigenvalue weighted by molar-refractivity contribution is 6.32. The fourth-order valence-corrected chi connectivity index (χ4v) is 4.86. The molecule has 26 heavy (non-hydrogen) atoms. The third kappa shape index (κ3) is 2.61. The molecule has 7 nitrogen and oxygen atoms in total. The number of aromatic nitrogens is 4. The molecule has 3 saturated carbocycles. The van der Waals surface area contributed by atoms with Crippen LogP contribution >= 0.6 is 11.6 Å². The number of hydrogen-bond acceptors (Lipinski definition) is 5. The molecule has 2 aromatic rings. The first kappa shape index (κ1) is 16.2. The maximum Gasteiger partial charge on any atom is 0.229 e. The molecule has 1 amide bonds. The molecule has 3 aliphatic carbocycles. The van der Waals surface area contributed by atoms with E-state index in [1.807, 2.05) is 12.1 Å². The van der Waals surface area contributed by atoms with Gasteiger partial charge in [-0.2, -0.15) is 4.68 Å². The van der Waals surface area contributed by atoms with Crippen molar-refractivity contribution in [3.05, 3.63) is 29.0 Å². The zero-order chi connectivity index (χ0) is 17.8. The molecular formula is C18H21ClN6O. The standard InChI is InChI=1S/C18H21ClN6O/c19-13-6-5-12(8-14(13)25-17(9-1-2-9)22-23-24-25)21-18(26)15-10-3-4-11(7-10)16(15)20/h5-6,8-11,15-16H,1-4,7,20H2,(H,21,26). The van der Waals surface area contributed by atoms with Crippen molar-refractivity contribution in [2.24, 2.45) is 23.5 Å². The Hall–Kier alpha value is -1.99. The number of carbonyl (C=O) groups excluding carboxylic acids is 1. The second-order valence-electron chi connectivity index (χ2n) is 7.81. The maximum atomic E-state index is 12.8. The summed E-state index contributed by atoms with van der Waals surface area (Å²) in [5.74, 6) is 2.05. The largest absolute Gasteiger partial charge is 0.327 e. The zero-order valence-corrected chi connectivity index (χ0v) is 15.1. The predicted octanol–water partition coefficient (Wildman–Crippen LogP) is 2.50. The van der Waals surface area contributed by atoms with Gasteiger partial charge in [-0.25, -0.2) is 0 Å². The number of halogens is 1. The summed E-state index contributed by atoms with van der Waals surface area (Å²) >= 11 is 6.37. The fourth-order valence-electron chi connectivity index (χ4n) is 4.66. The topological polar surface area (TPSA) is 98.7 Å². The third-order valence-electron chi connectivity index (χ3n) is 6.16. The molecule has 0 saturated heterocycles. The van der Waals surface area contributed by atoms with E-state index in [0.29, 0.717) is 34.2 Å². The van der Waals surface area contributed by atoms with Gasteiger partial charge in [-0.1, -0.05) is 11.6 Å². The lowest BCUT2D eigenvalue weighted by Crippen LogP contribution is -2.42. The molecule has 1 aromatic heterocycles. The van der Waals surface area contributed by atoms with E-state index in [4.69, 9.17) is 17.3 Å². The van der Waals surface area contributed by atoms with Crippen molar-refractivity contribution in [3.8, 4) is 5.69 Å². The Balaban J connectivity index is 1.40. The van der Waals surface area contributed by atoms with Crippen molar-refractivity contribution < 1.29 is 4.79 Å². The van der Waals surface area contributed by atoms with Gasteiger partial charge in [0.05, 0.1) is 16.6 Å². The summed E-state index contributed by atoms with van der Waals surface area (Å²) in [6.45, 7) is 0. The van der Waals surface area contributed by atoms with Gasteiger partial charge in [-0.15, -0.1) is 5.10 Å². The van der Waals surface area contributed by atoms with Gasteiger partial charge in [0.1, 0.15) is 0 Å². The maximum absolute atomic E-state index is 12.8. The SMILES string of the molecule is NC1C2CCC(C2)C1C(=O)Nc1ccc(Cl)c(-n2nnnc2C2CC2)c1. The highest BCUT2D eigenvalue weighted by Crippen LogP contribution is 2.48. The number of benzene rings is 1. The van der Waals surface area contributed by atoms with Gasteiger partial charge in [0.15, 0.2) is 5.82 Å². The summed E-state index contributed by atoms with van der Waals surface area (Å²) in [4.78, 5) is 12.8. The molecule has 0 aliphatic heterocycles. The number of nitrogens with two attached hydrogens (primary N) is 1. The fraction of sp³-hybridized carbons (Fsp3) is 0.556. The summed E-state index contributed by atoms with van der Waals surface area (Å²) < 4.78 is 1.68. The third-order valence-corrected chi connectivity index (χ3v) is 6.48. The lowest BCUT2D eigenvalue weighted by atomic mass is 9.84. The Labute approximate surface area is 156 Å². The molecular weight excluding hydrogens is 352 g/mol.